The van der Waals surface area contributed by atoms with E-state index in [1.807, 2.05) is 21.8 Å². The van der Waals surface area contributed by atoms with Crippen LogP contribution in [0, 0.1) is 5.92 Å². The molecule has 1 fully saturated rings. The zero-order chi connectivity index (χ0) is 25.9. The van der Waals surface area contributed by atoms with Crippen LogP contribution in [0.15, 0.2) is 43.0 Å². The Balaban J connectivity index is 0.000000384. The number of aromatic nitrogens is 4. The highest BCUT2D eigenvalue weighted by Gasteiger charge is 2.38. The van der Waals surface area contributed by atoms with Crippen molar-refractivity contribution in [1.29, 1.82) is 0 Å². The number of alkyl halides is 3. The summed E-state index contributed by atoms with van der Waals surface area (Å²) in [6.45, 7) is 1.96. The molecule has 0 bridgehead atoms. The van der Waals surface area contributed by atoms with Crippen molar-refractivity contribution < 1.29 is 27.9 Å². The van der Waals surface area contributed by atoms with E-state index in [1.165, 1.54) is 25.7 Å². The predicted molar refractivity (Wildman–Crippen MR) is 124 cm³/mol. The Bertz CT molecular complexity index is 1210. The first-order valence-electron chi connectivity index (χ1n) is 11.8. The number of aryl methyl sites for hydroxylation is 1. The Labute approximate surface area is 206 Å². The number of carbonyl (C=O) groups is 2. The van der Waals surface area contributed by atoms with Gasteiger partial charge >= 0.3 is 12.1 Å². The Morgan fingerprint density at radius 3 is 2.53 bits per heavy atom. The number of hydrogen-bond acceptors (Lipinski definition) is 4. The van der Waals surface area contributed by atoms with Crippen LogP contribution in [0.4, 0.5) is 13.2 Å². The number of rotatable bonds is 4. The average Bonchev–Trinajstić information content (AvgIpc) is 3.53. The van der Waals surface area contributed by atoms with Crippen LogP contribution in [0.5, 0.6) is 0 Å². The first-order valence-corrected chi connectivity index (χ1v) is 11.8. The van der Waals surface area contributed by atoms with Crippen LogP contribution in [-0.2, 0) is 36.3 Å². The van der Waals surface area contributed by atoms with Gasteiger partial charge < -0.3 is 14.6 Å². The fourth-order valence-corrected chi connectivity index (χ4v) is 4.75. The number of fused-ring (bicyclic) bond motifs is 3. The number of nitrogens with zero attached hydrogens (tertiary/aromatic N) is 5. The van der Waals surface area contributed by atoms with Crippen molar-refractivity contribution >= 4 is 11.9 Å². The van der Waals surface area contributed by atoms with E-state index in [0.29, 0.717) is 32.0 Å². The van der Waals surface area contributed by atoms with Crippen molar-refractivity contribution in [3.63, 3.8) is 0 Å². The van der Waals surface area contributed by atoms with Crippen molar-refractivity contribution in [3.05, 3.63) is 59.8 Å². The third-order valence-corrected chi connectivity index (χ3v) is 6.60. The second-order valence-corrected chi connectivity index (χ2v) is 9.26. The lowest BCUT2D eigenvalue weighted by Gasteiger charge is -2.23. The van der Waals surface area contributed by atoms with Crippen LogP contribution in [0.1, 0.15) is 48.9 Å². The molecule has 5 rings (SSSR count). The number of pyridine rings is 1. The molecule has 0 radical (unpaired) electrons. The first-order chi connectivity index (χ1) is 17.1. The topological polar surface area (TPSA) is 93.3 Å². The largest absolute Gasteiger partial charge is 0.490 e. The highest BCUT2D eigenvalue weighted by Crippen LogP contribution is 2.34. The SMILES string of the molecule is Cn1ccc2c1CN(C(=O)CC1CCCC1)Cc1cn(Cc3cccnc3)nc1-2.O=C(O)C(F)(F)F. The summed E-state index contributed by atoms with van der Waals surface area (Å²) >= 11 is 0. The zero-order valence-corrected chi connectivity index (χ0v) is 19.9. The third-order valence-electron chi connectivity index (χ3n) is 6.60. The molecule has 1 aliphatic carbocycles. The maximum atomic E-state index is 13.1. The van der Waals surface area contributed by atoms with E-state index in [-0.39, 0.29) is 5.91 Å². The molecular weight excluding hydrogens is 475 g/mol. The van der Waals surface area contributed by atoms with Crippen LogP contribution in [0.2, 0.25) is 0 Å². The van der Waals surface area contributed by atoms with Gasteiger partial charge in [-0.2, -0.15) is 18.3 Å². The summed E-state index contributed by atoms with van der Waals surface area (Å²) < 4.78 is 35.8. The van der Waals surface area contributed by atoms with Crippen molar-refractivity contribution in [2.75, 3.05) is 0 Å². The fraction of sp³-hybridized carbons (Fsp3) is 0.440. The van der Waals surface area contributed by atoms with Gasteiger partial charge in [-0.3, -0.25) is 14.5 Å². The molecule has 192 valence electrons. The van der Waals surface area contributed by atoms with Gasteiger partial charge in [-0.25, -0.2) is 4.79 Å². The molecule has 0 aromatic carbocycles. The van der Waals surface area contributed by atoms with Gasteiger partial charge in [-0.15, -0.1) is 0 Å². The molecule has 3 aromatic rings. The first kappa shape index (κ1) is 25.5. The quantitative estimate of drug-likeness (QED) is 0.570. The summed E-state index contributed by atoms with van der Waals surface area (Å²) in [5, 5.41) is 12.0. The summed E-state index contributed by atoms with van der Waals surface area (Å²) in [6, 6.07) is 6.13. The minimum atomic E-state index is -5.08. The molecule has 0 unspecified atom stereocenters. The number of hydrogen-bond donors (Lipinski definition) is 1. The second-order valence-electron chi connectivity index (χ2n) is 9.26. The monoisotopic (exact) mass is 503 g/mol. The molecule has 0 spiro atoms. The van der Waals surface area contributed by atoms with E-state index in [1.54, 1.807) is 6.20 Å². The van der Waals surface area contributed by atoms with Crippen LogP contribution in [-0.4, -0.2) is 47.4 Å². The van der Waals surface area contributed by atoms with E-state index in [0.717, 1.165) is 28.1 Å². The van der Waals surface area contributed by atoms with Gasteiger partial charge in [0.15, 0.2) is 0 Å². The normalized spacial score (nSPS) is 15.5. The third kappa shape index (κ3) is 5.95. The average molecular weight is 504 g/mol. The summed E-state index contributed by atoms with van der Waals surface area (Å²) in [5.74, 6) is -1.92. The van der Waals surface area contributed by atoms with Crippen molar-refractivity contribution in [2.24, 2.45) is 13.0 Å². The van der Waals surface area contributed by atoms with Crippen LogP contribution in [0.3, 0.4) is 0 Å². The Hall–Kier alpha value is -3.63. The second kappa shape index (κ2) is 10.5. The van der Waals surface area contributed by atoms with Crippen molar-refractivity contribution in [3.8, 4) is 11.3 Å². The van der Waals surface area contributed by atoms with E-state index in [2.05, 4.69) is 41.1 Å². The van der Waals surface area contributed by atoms with Crippen LogP contribution < -0.4 is 0 Å². The van der Waals surface area contributed by atoms with E-state index in [4.69, 9.17) is 15.0 Å². The summed E-state index contributed by atoms with van der Waals surface area (Å²) in [4.78, 5) is 28.3. The van der Waals surface area contributed by atoms with E-state index < -0.39 is 12.1 Å². The van der Waals surface area contributed by atoms with E-state index >= 15 is 0 Å². The van der Waals surface area contributed by atoms with Gasteiger partial charge in [0.25, 0.3) is 0 Å². The molecular formula is C25H28F3N5O3. The standard InChI is InChI=1S/C23H27N5O.C2HF3O2/c1-26-10-8-20-21(26)16-27(22(29)11-17-5-2-3-6-17)14-19-15-28(25-23(19)20)13-18-7-4-9-24-12-18;3-2(4,5)1(6)7/h4,7-10,12,15,17H,2-3,5-6,11,13-14,16H2,1H3;(H,6,7). The lowest BCUT2D eigenvalue weighted by atomic mass is 10.0. The minimum absolute atomic E-state index is 0.275. The minimum Gasteiger partial charge on any atom is -0.475 e. The number of aliphatic carboxylic acids is 1. The summed E-state index contributed by atoms with van der Waals surface area (Å²) in [7, 11) is 2.05. The molecule has 11 heteroatoms. The maximum Gasteiger partial charge on any atom is 0.490 e. The number of carboxylic acid groups (broad SMARTS) is 1. The van der Waals surface area contributed by atoms with Crippen LogP contribution in [0.25, 0.3) is 11.3 Å². The van der Waals surface area contributed by atoms with Crippen LogP contribution >= 0.6 is 0 Å². The maximum absolute atomic E-state index is 13.1. The molecule has 0 atom stereocenters. The molecule has 8 nitrogen and oxygen atoms in total. The molecule has 1 aliphatic heterocycles. The van der Waals surface area contributed by atoms with Gasteiger partial charge in [-0.05, 0) is 36.5 Å². The molecule has 1 N–H and O–H groups in total. The molecule has 1 saturated carbocycles. The lowest BCUT2D eigenvalue weighted by Crippen LogP contribution is -2.31. The van der Waals surface area contributed by atoms with Gasteiger partial charge in [-0.1, -0.05) is 18.9 Å². The number of halogens is 3. The highest BCUT2D eigenvalue weighted by molar-refractivity contribution is 5.78. The fourth-order valence-electron chi connectivity index (χ4n) is 4.75. The predicted octanol–water partition coefficient (Wildman–Crippen LogP) is 4.39. The van der Waals surface area contributed by atoms with Gasteiger partial charge in [0.05, 0.1) is 18.8 Å². The van der Waals surface area contributed by atoms with E-state index in [9.17, 15) is 18.0 Å². The Morgan fingerprint density at radius 2 is 1.89 bits per heavy atom. The van der Waals surface area contributed by atoms with Crippen molar-refractivity contribution in [1.82, 2.24) is 24.2 Å². The molecule has 36 heavy (non-hydrogen) atoms. The lowest BCUT2D eigenvalue weighted by molar-refractivity contribution is -0.192. The number of carboxylic acids is 1. The molecule has 3 aromatic heterocycles. The van der Waals surface area contributed by atoms with Gasteiger partial charge in [0.1, 0.15) is 0 Å². The molecule has 4 heterocycles. The summed E-state index contributed by atoms with van der Waals surface area (Å²) in [5.41, 5.74) is 5.55. The zero-order valence-electron chi connectivity index (χ0n) is 19.9. The molecule has 0 saturated heterocycles. The Kier molecular flexibility index (Phi) is 7.46. The molecule has 2 aliphatic rings. The highest BCUT2D eigenvalue weighted by atomic mass is 19.4. The number of amides is 1. The molecule has 1 amide bonds. The number of carbonyl (C=O) groups excluding carboxylic acids is 1. The summed E-state index contributed by atoms with van der Waals surface area (Å²) in [6.07, 6.45) is 8.35. The smallest absolute Gasteiger partial charge is 0.475 e. The van der Waals surface area contributed by atoms with Gasteiger partial charge in [0.2, 0.25) is 5.91 Å². The van der Waals surface area contributed by atoms with Crippen molar-refractivity contribution in [2.45, 2.75) is 57.9 Å². The Morgan fingerprint density at radius 1 is 1.17 bits per heavy atom. The van der Waals surface area contributed by atoms with Gasteiger partial charge in [0, 0.05) is 61.6 Å².